The maximum atomic E-state index is 11.8. The Hall–Kier alpha value is -1.91. The normalized spacial score (nSPS) is 11.3. The van der Waals surface area contributed by atoms with Gasteiger partial charge in [0.05, 0.1) is 6.20 Å². The topological polar surface area (TPSA) is 63.5 Å². The summed E-state index contributed by atoms with van der Waals surface area (Å²) in [5.74, 6) is 0.109. The molecule has 0 radical (unpaired) electrons. The summed E-state index contributed by atoms with van der Waals surface area (Å²) < 4.78 is 0. The van der Waals surface area contributed by atoms with Crippen molar-refractivity contribution in [3.8, 4) is 0 Å². The summed E-state index contributed by atoms with van der Waals surface area (Å²) >= 11 is 0. The molecule has 1 heterocycles. The molecule has 1 unspecified atom stereocenters. The molecule has 0 bridgehead atoms. The summed E-state index contributed by atoms with van der Waals surface area (Å²) in [7, 11) is 0. The highest BCUT2D eigenvalue weighted by molar-refractivity contribution is 5.93. The summed E-state index contributed by atoms with van der Waals surface area (Å²) in [4.78, 5) is 14.7. The molecule has 5 heteroatoms. The van der Waals surface area contributed by atoms with Crippen molar-refractivity contribution in [2.45, 2.75) is 13.0 Å². The maximum Gasteiger partial charge on any atom is 0.340 e. The minimum absolute atomic E-state index is 0. The van der Waals surface area contributed by atoms with Crippen LogP contribution < -0.4 is 22.7 Å². The quantitative estimate of drug-likeness (QED) is 0.717. The molecule has 1 aromatic carbocycles. The van der Waals surface area contributed by atoms with Crippen LogP contribution in [0.15, 0.2) is 48.7 Å². The first-order chi connectivity index (χ1) is 8.66. The fourth-order valence-electron chi connectivity index (χ4n) is 1.64. The number of hydrogen-bond acceptors (Lipinski definition) is 2. The number of amides is 1. The SMILES string of the molecule is Cc1cc[nH+]c(NC(=O)C(O)c2ccccc2)c1.[Cl-]. The zero-order valence-corrected chi connectivity index (χ0v) is 11.2. The van der Waals surface area contributed by atoms with Gasteiger partial charge in [0.25, 0.3) is 5.82 Å². The summed E-state index contributed by atoms with van der Waals surface area (Å²) in [6, 6.07) is 12.5. The molecule has 1 atom stereocenters. The minimum Gasteiger partial charge on any atom is -1.00 e. The van der Waals surface area contributed by atoms with E-state index < -0.39 is 12.0 Å². The van der Waals surface area contributed by atoms with E-state index in [0.29, 0.717) is 11.4 Å². The first-order valence-corrected chi connectivity index (χ1v) is 5.69. The van der Waals surface area contributed by atoms with Crippen molar-refractivity contribution in [3.63, 3.8) is 0 Å². The summed E-state index contributed by atoms with van der Waals surface area (Å²) in [5.41, 5.74) is 1.60. The summed E-state index contributed by atoms with van der Waals surface area (Å²) in [6.07, 6.45) is 0.569. The second-order valence-corrected chi connectivity index (χ2v) is 4.08. The highest BCUT2D eigenvalue weighted by atomic mass is 35.5. The van der Waals surface area contributed by atoms with Gasteiger partial charge in [0, 0.05) is 6.07 Å². The van der Waals surface area contributed by atoms with Crippen LogP contribution >= 0.6 is 0 Å². The molecule has 1 aromatic heterocycles. The first kappa shape index (κ1) is 15.1. The van der Waals surface area contributed by atoms with Crippen molar-refractivity contribution in [3.05, 3.63) is 59.8 Å². The standard InChI is InChI=1S/C14H14N2O2.ClH/c1-10-7-8-15-12(9-10)16-14(18)13(17)11-5-3-2-4-6-11;/h2-9,13,17H,1H3,(H,15,16,18);1H. The second-order valence-electron chi connectivity index (χ2n) is 4.08. The Bertz CT molecular complexity index is 546. The van der Waals surface area contributed by atoms with Gasteiger partial charge in [-0.3, -0.25) is 0 Å². The average Bonchev–Trinajstić information content (AvgIpc) is 2.39. The molecule has 100 valence electrons. The van der Waals surface area contributed by atoms with E-state index in [1.165, 1.54) is 0 Å². The van der Waals surface area contributed by atoms with Gasteiger partial charge in [-0.05, 0) is 24.1 Å². The van der Waals surface area contributed by atoms with Gasteiger partial charge in [0.1, 0.15) is 0 Å². The lowest BCUT2D eigenvalue weighted by Gasteiger charge is -2.06. The third-order valence-corrected chi connectivity index (χ3v) is 2.58. The van der Waals surface area contributed by atoms with Crippen molar-refractivity contribution in [2.24, 2.45) is 0 Å². The highest BCUT2D eigenvalue weighted by Crippen LogP contribution is 2.13. The van der Waals surface area contributed by atoms with Crippen LogP contribution in [0.3, 0.4) is 0 Å². The number of carbonyl (C=O) groups excluding carboxylic acids is 1. The molecular weight excluding hydrogens is 264 g/mol. The number of aryl methyl sites for hydroxylation is 1. The van der Waals surface area contributed by atoms with Gasteiger partial charge in [-0.25, -0.2) is 15.1 Å². The number of rotatable bonds is 3. The van der Waals surface area contributed by atoms with Crippen LogP contribution in [0.25, 0.3) is 0 Å². The van der Waals surface area contributed by atoms with Crippen LogP contribution in [0.4, 0.5) is 5.82 Å². The van der Waals surface area contributed by atoms with Crippen LogP contribution in [0, 0.1) is 6.92 Å². The predicted octanol–water partition coefficient (Wildman–Crippen LogP) is -1.51. The van der Waals surface area contributed by atoms with E-state index in [2.05, 4.69) is 10.3 Å². The zero-order chi connectivity index (χ0) is 13.0. The van der Waals surface area contributed by atoms with E-state index in [4.69, 9.17) is 0 Å². The number of pyridine rings is 1. The molecule has 4 nitrogen and oxygen atoms in total. The Morgan fingerprint density at radius 1 is 1.26 bits per heavy atom. The number of halogens is 1. The minimum atomic E-state index is -1.17. The van der Waals surface area contributed by atoms with Crippen molar-refractivity contribution in [1.29, 1.82) is 0 Å². The number of H-pyrrole nitrogens is 1. The first-order valence-electron chi connectivity index (χ1n) is 5.69. The molecule has 0 saturated heterocycles. The number of carbonyl (C=O) groups is 1. The Kier molecular flexibility index (Phi) is 5.48. The number of hydrogen-bond donors (Lipinski definition) is 2. The van der Waals surface area contributed by atoms with Gasteiger partial charge in [0.15, 0.2) is 6.10 Å². The molecule has 2 aromatic rings. The van der Waals surface area contributed by atoms with Gasteiger partial charge in [0.2, 0.25) is 0 Å². The number of aromatic nitrogens is 1. The molecule has 0 aliphatic rings. The van der Waals surface area contributed by atoms with E-state index in [9.17, 15) is 9.90 Å². The summed E-state index contributed by atoms with van der Waals surface area (Å²) in [6.45, 7) is 1.93. The monoisotopic (exact) mass is 278 g/mol. The third kappa shape index (κ3) is 4.05. The molecular formula is C14H15ClN2O2. The van der Waals surface area contributed by atoms with E-state index in [-0.39, 0.29) is 12.4 Å². The molecule has 3 N–H and O–H groups in total. The smallest absolute Gasteiger partial charge is 0.340 e. The lowest BCUT2D eigenvalue weighted by atomic mass is 10.1. The zero-order valence-electron chi connectivity index (χ0n) is 10.4. The van der Waals surface area contributed by atoms with E-state index >= 15 is 0 Å². The van der Waals surface area contributed by atoms with Crippen LogP contribution in [-0.4, -0.2) is 11.0 Å². The lowest BCUT2D eigenvalue weighted by Crippen LogP contribution is -3.00. The predicted molar refractivity (Wildman–Crippen MR) is 67.8 cm³/mol. The van der Waals surface area contributed by atoms with Gasteiger partial charge < -0.3 is 17.5 Å². The Morgan fingerprint density at radius 2 is 1.95 bits per heavy atom. The average molecular weight is 279 g/mol. The molecule has 0 fully saturated rings. The van der Waals surface area contributed by atoms with Gasteiger partial charge >= 0.3 is 5.91 Å². The molecule has 0 saturated carbocycles. The number of anilines is 1. The van der Waals surface area contributed by atoms with E-state index in [1.54, 1.807) is 36.5 Å². The molecule has 2 rings (SSSR count). The molecule has 0 aliphatic heterocycles. The number of benzene rings is 1. The van der Waals surface area contributed by atoms with Crippen LogP contribution in [-0.2, 0) is 4.79 Å². The molecule has 19 heavy (non-hydrogen) atoms. The van der Waals surface area contributed by atoms with Crippen molar-refractivity contribution in [1.82, 2.24) is 0 Å². The van der Waals surface area contributed by atoms with E-state index in [0.717, 1.165) is 5.56 Å². The molecule has 0 aliphatic carbocycles. The number of aliphatic hydroxyl groups is 1. The Labute approximate surface area is 117 Å². The number of nitrogens with one attached hydrogen (secondary N) is 2. The van der Waals surface area contributed by atoms with Gasteiger partial charge in [-0.2, -0.15) is 0 Å². The van der Waals surface area contributed by atoms with Gasteiger partial charge in [-0.1, -0.05) is 30.3 Å². The molecule has 0 spiro atoms. The second kappa shape index (κ2) is 6.87. The van der Waals surface area contributed by atoms with Crippen molar-refractivity contribution >= 4 is 11.7 Å². The maximum absolute atomic E-state index is 11.8. The highest BCUT2D eigenvalue weighted by Gasteiger charge is 2.22. The fraction of sp³-hybridized carbons (Fsp3) is 0.143. The largest absolute Gasteiger partial charge is 1.00 e. The number of aliphatic hydroxyl groups excluding tert-OH is 1. The Morgan fingerprint density at radius 3 is 2.58 bits per heavy atom. The fourth-order valence-corrected chi connectivity index (χ4v) is 1.64. The summed E-state index contributed by atoms with van der Waals surface area (Å²) in [5, 5.41) is 12.5. The lowest BCUT2D eigenvalue weighted by molar-refractivity contribution is -0.360. The van der Waals surface area contributed by atoms with E-state index in [1.807, 2.05) is 19.1 Å². The van der Waals surface area contributed by atoms with Crippen molar-refractivity contribution < 1.29 is 27.3 Å². The van der Waals surface area contributed by atoms with Crippen molar-refractivity contribution in [2.75, 3.05) is 5.32 Å². The van der Waals surface area contributed by atoms with Crippen LogP contribution in [0.2, 0.25) is 0 Å². The van der Waals surface area contributed by atoms with Crippen LogP contribution in [0.1, 0.15) is 17.2 Å². The number of aromatic amines is 1. The van der Waals surface area contributed by atoms with Gasteiger partial charge in [-0.15, -0.1) is 0 Å². The molecule has 1 amide bonds. The van der Waals surface area contributed by atoms with Crippen LogP contribution in [0.5, 0.6) is 0 Å². The Balaban J connectivity index is 0.00000180. The third-order valence-electron chi connectivity index (χ3n) is 2.58.